The highest BCUT2D eigenvalue weighted by Crippen LogP contribution is 2.23. The van der Waals surface area contributed by atoms with Crippen LogP contribution in [0.4, 0.5) is 0 Å². The summed E-state index contributed by atoms with van der Waals surface area (Å²) >= 11 is 0. The minimum absolute atomic E-state index is 0.268. The van der Waals surface area contributed by atoms with Gasteiger partial charge in [-0.05, 0) is 69.7 Å². The van der Waals surface area contributed by atoms with E-state index in [9.17, 15) is 4.79 Å². The van der Waals surface area contributed by atoms with Crippen molar-refractivity contribution in [3.05, 3.63) is 47.7 Å². The second-order valence-electron chi connectivity index (χ2n) is 7.23. The Morgan fingerprint density at radius 2 is 1.75 bits per heavy atom. The molecule has 0 aliphatic carbocycles. The Bertz CT molecular complexity index is 703. The lowest BCUT2D eigenvalue weighted by molar-refractivity contribution is 0.0697. The van der Waals surface area contributed by atoms with Crippen LogP contribution in [0.25, 0.3) is 11.3 Å². The number of aromatic carboxylic acids is 1. The number of carboxylic acid groups (broad SMARTS) is 1. The second kappa shape index (κ2) is 12.4. The molecule has 0 aliphatic heterocycles. The Labute approximate surface area is 168 Å². The molecule has 154 valence electrons. The highest BCUT2D eigenvalue weighted by atomic mass is 16.4. The first-order valence-corrected chi connectivity index (χ1v) is 10.5. The number of hydrogen-bond acceptors (Lipinski definition) is 4. The third kappa shape index (κ3) is 7.49. The molecule has 0 radical (unpaired) electrons. The van der Waals surface area contributed by atoms with E-state index < -0.39 is 5.97 Å². The molecule has 1 heterocycles. The molecule has 0 atom stereocenters. The van der Waals surface area contributed by atoms with Crippen LogP contribution in [0.1, 0.15) is 62.1 Å². The number of furan rings is 1. The van der Waals surface area contributed by atoms with E-state index in [0.717, 1.165) is 30.8 Å². The van der Waals surface area contributed by atoms with Crippen molar-refractivity contribution in [2.75, 3.05) is 26.2 Å². The first-order chi connectivity index (χ1) is 13.6. The zero-order valence-electron chi connectivity index (χ0n) is 17.2. The van der Waals surface area contributed by atoms with Gasteiger partial charge in [-0.3, -0.25) is 0 Å². The quantitative estimate of drug-likeness (QED) is 0.446. The summed E-state index contributed by atoms with van der Waals surface area (Å²) in [6.45, 7) is 9.67. The Morgan fingerprint density at radius 1 is 1.04 bits per heavy atom. The van der Waals surface area contributed by atoms with Gasteiger partial charge in [0.05, 0.1) is 12.1 Å². The lowest BCUT2D eigenvalue weighted by Crippen LogP contribution is -2.29. The lowest BCUT2D eigenvalue weighted by Gasteiger charge is -2.21. The van der Waals surface area contributed by atoms with Crippen LogP contribution in [0, 0.1) is 0 Å². The zero-order chi connectivity index (χ0) is 20.2. The van der Waals surface area contributed by atoms with Gasteiger partial charge in [-0.25, -0.2) is 4.79 Å². The molecule has 1 aromatic heterocycles. The van der Waals surface area contributed by atoms with Crippen LogP contribution in [0.5, 0.6) is 0 Å². The van der Waals surface area contributed by atoms with Crippen LogP contribution in [-0.2, 0) is 6.54 Å². The van der Waals surface area contributed by atoms with Crippen LogP contribution in [0.2, 0.25) is 0 Å². The fraction of sp³-hybridized carbons (Fsp3) is 0.522. The lowest BCUT2D eigenvalue weighted by atomic mass is 10.1. The van der Waals surface area contributed by atoms with Crippen molar-refractivity contribution >= 4 is 5.97 Å². The van der Waals surface area contributed by atoms with E-state index in [4.69, 9.17) is 9.52 Å². The van der Waals surface area contributed by atoms with Crippen molar-refractivity contribution in [3.8, 4) is 11.3 Å². The molecule has 0 bridgehead atoms. The van der Waals surface area contributed by atoms with Crippen LogP contribution >= 0.6 is 0 Å². The molecule has 0 saturated heterocycles. The molecule has 0 fully saturated rings. The molecule has 0 saturated carbocycles. The van der Waals surface area contributed by atoms with Crippen LogP contribution in [-0.4, -0.2) is 42.2 Å². The predicted octanol–water partition coefficient (Wildman–Crippen LogP) is 5.03. The summed E-state index contributed by atoms with van der Waals surface area (Å²) in [6, 6.07) is 10.7. The zero-order valence-corrected chi connectivity index (χ0v) is 17.2. The number of carboxylic acids is 1. The van der Waals surface area contributed by atoms with Gasteiger partial charge >= 0.3 is 5.97 Å². The molecular weight excluding hydrogens is 352 g/mol. The number of hydrogen-bond donors (Lipinski definition) is 2. The van der Waals surface area contributed by atoms with E-state index in [1.165, 1.54) is 38.8 Å². The molecule has 2 N–H and O–H groups in total. The summed E-state index contributed by atoms with van der Waals surface area (Å²) in [5, 5.41) is 12.6. The van der Waals surface area contributed by atoms with Gasteiger partial charge in [0, 0.05) is 5.56 Å². The fourth-order valence-corrected chi connectivity index (χ4v) is 3.17. The first-order valence-electron chi connectivity index (χ1n) is 10.5. The first kappa shape index (κ1) is 22.2. The second-order valence-corrected chi connectivity index (χ2v) is 7.23. The number of nitrogens with zero attached hydrogens (tertiary/aromatic N) is 1. The maximum Gasteiger partial charge on any atom is 0.335 e. The summed E-state index contributed by atoms with van der Waals surface area (Å²) < 4.78 is 5.87. The third-order valence-electron chi connectivity index (χ3n) is 4.84. The van der Waals surface area contributed by atoms with Gasteiger partial charge in [-0.15, -0.1) is 0 Å². The van der Waals surface area contributed by atoms with Crippen molar-refractivity contribution in [2.24, 2.45) is 0 Å². The molecule has 0 aliphatic rings. The van der Waals surface area contributed by atoms with E-state index in [2.05, 4.69) is 24.1 Å². The summed E-state index contributed by atoms with van der Waals surface area (Å²) in [7, 11) is 0. The standard InChI is InChI=1S/C23H34N2O3/c1-3-5-14-25(15-6-4-2)16-8-13-24-18-21-11-12-22(28-21)19-9-7-10-20(17-19)23(26)27/h7,9-12,17,24H,3-6,8,13-16,18H2,1-2H3,(H,26,27). The van der Waals surface area contributed by atoms with Crippen LogP contribution in [0.3, 0.4) is 0 Å². The van der Waals surface area contributed by atoms with Crippen molar-refractivity contribution in [3.63, 3.8) is 0 Å². The van der Waals surface area contributed by atoms with Gasteiger partial charge in [0.1, 0.15) is 11.5 Å². The minimum atomic E-state index is -0.929. The summed E-state index contributed by atoms with van der Waals surface area (Å²) in [5.41, 5.74) is 1.05. The molecule has 2 aromatic rings. The Hall–Kier alpha value is -2.11. The van der Waals surface area contributed by atoms with Gasteiger partial charge in [0.15, 0.2) is 0 Å². The average Bonchev–Trinajstić information content (AvgIpc) is 3.18. The molecule has 2 rings (SSSR count). The van der Waals surface area contributed by atoms with Crippen molar-refractivity contribution in [1.29, 1.82) is 0 Å². The third-order valence-corrected chi connectivity index (χ3v) is 4.84. The summed E-state index contributed by atoms with van der Waals surface area (Å²) in [6.07, 6.45) is 6.17. The maximum absolute atomic E-state index is 11.1. The summed E-state index contributed by atoms with van der Waals surface area (Å²) in [5.74, 6) is 0.636. The maximum atomic E-state index is 11.1. The number of carbonyl (C=O) groups is 1. The highest BCUT2D eigenvalue weighted by Gasteiger charge is 2.09. The Balaban J connectivity index is 1.75. The Kier molecular flexibility index (Phi) is 9.80. The van der Waals surface area contributed by atoms with Crippen LogP contribution in [0.15, 0.2) is 40.8 Å². The minimum Gasteiger partial charge on any atom is -0.478 e. The Morgan fingerprint density at radius 3 is 2.43 bits per heavy atom. The van der Waals surface area contributed by atoms with Crippen molar-refractivity contribution in [2.45, 2.75) is 52.5 Å². The van der Waals surface area contributed by atoms with Gasteiger partial charge in [0.2, 0.25) is 0 Å². The van der Waals surface area contributed by atoms with E-state index in [-0.39, 0.29) is 5.56 Å². The molecule has 28 heavy (non-hydrogen) atoms. The van der Waals surface area contributed by atoms with E-state index in [1.807, 2.05) is 18.2 Å². The SMILES string of the molecule is CCCCN(CCCC)CCCNCc1ccc(-c2cccc(C(=O)O)c2)o1. The van der Waals surface area contributed by atoms with Gasteiger partial charge in [-0.1, -0.05) is 38.8 Å². The van der Waals surface area contributed by atoms with Gasteiger partial charge < -0.3 is 19.7 Å². The molecule has 0 unspecified atom stereocenters. The smallest absolute Gasteiger partial charge is 0.335 e. The van der Waals surface area contributed by atoms with Crippen molar-refractivity contribution in [1.82, 2.24) is 10.2 Å². The molecule has 0 spiro atoms. The molecule has 5 heteroatoms. The van der Waals surface area contributed by atoms with Crippen LogP contribution < -0.4 is 5.32 Å². The van der Waals surface area contributed by atoms with Gasteiger partial charge in [0.25, 0.3) is 0 Å². The van der Waals surface area contributed by atoms with Gasteiger partial charge in [-0.2, -0.15) is 0 Å². The predicted molar refractivity (Wildman–Crippen MR) is 114 cm³/mol. The number of benzene rings is 1. The molecule has 5 nitrogen and oxygen atoms in total. The number of rotatable bonds is 14. The molecule has 1 aromatic carbocycles. The van der Waals surface area contributed by atoms with E-state index in [0.29, 0.717) is 12.3 Å². The number of unbranched alkanes of at least 4 members (excludes halogenated alkanes) is 2. The van der Waals surface area contributed by atoms with E-state index in [1.54, 1.807) is 18.2 Å². The summed E-state index contributed by atoms with van der Waals surface area (Å²) in [4.78, 5) is 13.7. The fourth-order valence-electron chi connectivity index (χ4n) is 3.17. The topological polar surface area (TPSA) is 65.7 Å². The monoisotopic (exact) mass is 386 g/mol. The molecule has 0 amide bonds. The van der Waals surface area contributed by atoms with E-state index >= 15 is 0 Å². The normalized spacial score (nSPS) is 11.2. The largest absolute Gasteiger partial charge is 0.478 e. The van der Waals surface area contributed by atoms with Crippen molar-refractivity contribution < 1.29 is 14.3 Å². The average molecular weight is 387 g/mol. The highest BCUT2D eigenvalue weighted by molar-refractivity contribution is 5.89. The molecular formula is C23H34N2O3. The number of nitrogens with one attached hydrogen (secondary N) is 1.